The highest BCUT2D eigenvalue weighted by Crippen LogP contribution is 2.25. The molecule has 4 aromatic rings. The number of nitrogens with one attached hydrogen (secondary N) is 1. The fourth-order valence-electron chi connectivity index (χ4n) is 4.36. The molecule has 1 atom stereocenters. The Hall–Kier alpha value is -4.57. The van der Waals surface area contributed by atoms with Gasteiger partial charge in [-0.05, 0) is 59.7 Å². The Kier molecular flexibility index (Phi) is 9.46. The minimum absolute atomic E-state index is 0.0608. The molecule has 1 unspecified atom stereocenters. The fourth-order valence-corrected chi connectivity index (χ4v) is 5.80. The first-order chi connectivity index (χ1) is 19.7. The van der Waals surface area contributed by atoms with Crippen molar-refractivity contribution < 1.29 is 26.8 Å². The smallest absolute Gasteiger partial charge is 0.264 e. The molecule has 0 heterocycles. The van der Waals surface area contributed by atoms with E-state index in [0.717, 1.165) is 22.0 Å². The maximum atomic E-state index is 14.1. The van der Waals surface area contributed by atoms with E-state index < -0.39 is 46.1 Å². The quantitative estimate of drug-likeness (QED) is 0.284. The van der Waals surface area contributed by atoms with E-state index in [0.29, 0.717) is 5.56 Å². The number of hydrogen-bond donors (Lipinski definition) is 1. The van der Waals surface area contributed by atoms with Crippen LogP contribution in [0.2, 0.25) is 0 Å². The van der Waals surface area contributed by atoms with Crippen molar-refractivity contribution in [2.24, 2.45) is 0 Å². The lowest BCUT2D eigenvalue weighted by Gasteiger charge is -2.33. The summed E-state index contributed by atoms with van der Waals surface area (Å²) < 4.78 is 55.8. The summed E-state index contributed by atoms with van der Waals surface area (Å²) in [7, 11) is -2.82. The van der Waals surface area contributed by atoms with Crippen molar-refractivity contribution in [1.82, 2.24) is 10.2 Å². The lowest BCUT2D eigenvalue weighted by molar-refractivity contribution is -0.139. The van der Waals surface area contributed by atoms with E-state index in [4.69, 9.17) is 0 Å². The van der Waals surface area contributed by atoms with Crippen molar-refractivity contribution in [1.29, 1.82) is 0 Å². The number of nitrogens with zero attached hydrogens (tertiary/aromatic N) is 2. The third-order valence-electron chi connectivity index (χ3n) is 6.51. The Morgan fingerprint density at radius 3 is 1.85 bits per heavy atom. The molecule has 2 amide bonds. The zero-order valence-corrected chi connectivity index (χ0v) is 23.1. The molecule has 10 heteroatoms. The van der Waals surface area contributed by atoms with Crippen molar-refractivity contribution in [3.63, 3.8) is 0 Å². The number of sulfonamides is 1. The van der Waals surface area contributed by atoms with Gasteiger partial charge < -0.3 is 10.2 Å². The maximum Gasteiger partial charge on any atom is 0.264 e. The maximum absolute atomic E-state index is 14.1. The van der Waals surface area contributed by atoms with Gasteiger partial charge >= 0.3 is 0 Å². The molecular weight excluding hydrogens is 548 g/mol. The zero-order chi connectivity index (χ0) is 29.4. The van der Waals surface area contributed by atoms with E-state index in [2.05, 4.69) is 5.32 Å². The van der Waals surface area contributed by atoms with E-state index in [1.165, 1.54) is 60.5 Å². The molecule has 0 saturated carbocycles. The van der Waals surface area contributed by atoms with Gasteiger partial charge in [0.25, 0.3) is 10.0 Å². The first-order valence-electron chi connectivity index (χ1n) is 12.8. The Bertz CT molecular complexity index is 1570. The van der Waals surface area contributed by atoms with Gasteiger partial charge in [0.15, 0.2) is 0 Å². The number of benzene rings is 4. The van der Waals surface area contributed by atoms with Crippen LogP contribution in [0.3, 0.4) is 0 Å². The van der Waals surface area contributed by atoms with Gasteiger partial charge in [-0.2, -0.15) is 0 Å². The number of anilines is 1. The molecule has 7 nitrogen and oxygen atoms in total. The highest BCUT2D eigenvalue weighted by molar-refractivity contribution is 7.92. The van der Waals surface area contributed by atoms with Crippen LogP contribution in [0.4, 0.5) is 14.5 Å². The molecule has 0 aliphatic carbocycles. The molecule has 0 saturated heterocycles. The van der Waals surface area contributed by atoms with Crippen LogP contribution < -0.4 is 9.62 Å². The molecule has 0 bridgehead atoms. The second kappa shape index (κ2) is 13.2. The highest BCUT2D eigenvalue weighted by atomic mass is 32.2. The number of rotatable bonds is 11. The average molecular weight is 578 g/mol. The first-order valence-corrected chi connectivity index (χ1v) is 14.3. The van der Waals surface area contributed by atoms with Crippen molar-refractivity contribution in [2.75, 3.05) is 17.9 Å². The van der Waals surface area contributed by atoms with Gasteiger partial charge in [-0.3, -0.25) is 13.9 Å². The Morgan fingerprint density at radius 2 is 1.29 bits per heavy atom. The van der Waals surface area contributed by atoms with Crippen LogP contribution in [-0.2, 0) is 32.6 Å². The lowest BCUT2D eigenvalue weighted by atomic mass is 10.0. The molecule has 41 heavy (non-hydrogen) atoms. The predicted octanol–water partition coefficient (Wildman–Crippen LogP) is 4.55. The number of likely N-dealkylation sites (N-methyl/N-ethyl adjacent to an activating group) is 1. The minimum Gasteiger partial charge on any atom is -0.357 e. The molecule has 212 valence electrons. The lowest BCUT2D eigenvalue weighted by Crippen LogP contribution is -2.53. The third-order valence-corrected chi connectivity index (χ3v) is 8.30. The summed E-state index contributed by atoms with van der Waals surface area (Å²) in [5.74, 6) is -2.17. The van der Waals surface area contributed by atoms with Gasteiger partial charge in [-0.15, -0.1) is 0 Å². The topological polar surface area (TPSA) is 86.8 Å². The normalized spacial score (nSPS) is 11.9. The van der Waals surface area contributed by atoms with Crippen molar-refractivity contribution in [3.05, 3.63) is 132 Å². The fraction of sp³-hybridized carbons (Fsp3) is 0.161. The van der Waals surface area contributed by atoms with E-state index in [-0.39, 0.29) is 23.5 Å². The summed E-state index contributed by atoms with van der Waals surface area (Å²) in [6.45, 7) is -0.765. The number of carbonyl (C=O) groups is 2. The second-order valence-electron chi connectivity index (χ2n) is 9.27. The summed E-state index contributed by atoms with van der Waals surface area (Å²) in [6, 6.07) is 25.9. The predicted molar refractivity (Wildman–Crippen MR) is 152 cm³/mol. The van der Waals surface area contributed by atoms with E-state index in [1.54, 1.807) is 18.2 Å². The Morgan fingerprint density at radius 1 is 0.756 bits per heavy atom. The summed E-state index contributed by atoms with van der Waals surface area (Å²) in [4.78, 5) is 28.5. The molecule has 0 fully saturated rings. The highest BCUT2D eigenvalue weighted by Gasteiger charge is 2.34. The molecule has 0 aromatic heterocycles. The van der Waals surface area contributed by atoms with Gasteiger partial charge in [-0.1, -0.05) is 60.7 Å². The number of halogens is 2. The molecule has 0 spiro atoms. The van der Waals surface area contributed by atoms with Crippen LogP contribution in [0.25, 0.3) is 0 Å². The van der Waals surface area contributed by atoms with Crippen molar-refractivity contribution >= 4 is 27.5 Å². The van der Waals surface area contributed by atoms with E-state index in [9.17, 15) is 26.8 Å². The molecular formula is C31H29F2N3O4S. The zero-order valence-electron chi connectivity index (χ0n) is 22.3. The standard InChI is InChI=1S/C31H29F2N3O4S/c1-34-31(38)29(20-23-8-4-2-5-9-23)35(21-24-12-14-25(32)15-13-24)30(37)22-36(27-18-16-26(33)17-19-27)41(39,40)28-10-6-3-7-11-28/h2-19,29H,20-22H2,1H3,(H,34,38). The van der Waals surface area contributed by atoms with E-state index in [1.807, 2.05) is 30.3 Å². The number of carbonyl (C=O) groups excluding carboxylic acids is 2. The molecule has 4 aromatic carbocycles. The third kappa shape index (κ3) is 7.34. The molecule has 0 aliphatic rings. The van der Waals surface area contributed by atoms with Crippen LogP contribution in [-0.4, -0.2) is 44.8 Å². The van der Waals surface area contributed by atoms with E-state index >= 15 is 0 Å². The summed E-state index contributed by atoms with van der Waals surface area (Å²) in [5, 5.41) is 2.60. The Balaban J connectivity index is 1.77. The van der Waals surface area contributed by atoms with Gasteiger partial charge in [0, 0.05) is 20.0 Å². The summed E-state index contributed by atoms with van der Waals surface area (Å²) in [6.07, 6.45) is 0.148. The minimum atomic E-state index is -4.27. The molecule has 4 rings (SSSR count). The Labute approximate surface area is 238 Å². The summed E-state index contributed by atoms with van der Waals surface area (Å²) in [5.41, 5.74) is 1.40. The van der Waals surface area contributed by atoms with Crippen molar-refractivity contribution in [2.45, 2.75) is 23.9 Å². The molecule has 0 radical (unpaired) electrons. The number of amides is 2. The average Bonchev–Trinajstić information content (AvgIpc) is 2.99. The van der Waals surface area contributed by atoms with Crippen LogP contribution in [0.5, 0.6) is 0 Å². The van der Waals surface area contributed by atoms with Crippen molar-refractivity contribution in [3.8, 4) is 0 Å². The van der Waals surface area contributed by atoms with Crippen LogP contribution in [0.15, 0.2) is 114 Å². The number of hydrogen-bond acceptors (Lipinski definition) is 4. The van der Waals surface area contributed by atoms with Gasteiger partial charge in [0.1, 0.15) is 24.2 Å². The first kappa shape index (κ1) is 29.4. The van der Waals surface area contributed by atoms with Crippen LogP contribution in [0.1, 0.15) is 11.1 Å². The summed E-state index contributed by atoms with van der Waals surface area (Å²) >= 11 is 0. The van der Waals surface area contributed by atoms with Gasteiger partial charge in [0.2, 0.25) is 11.8 Å². The largest absolute Gasteiger partial charge is 0.357 e. The van der Waals surface area contributed by atoms with Crippen LogP contribution >= 0.6 is 0 Å². The van der Waals surface area contributed by atoms with Crippen LogP contribution in [0, 0.1) is 11.6 Å². The van der Waals surface area contributed by atoms with Gasteiger partial charge in [-0.25, -0.2) is 17.2 Å². The molecule has 1 N–H and O–H groups in total. The monoisotopic (exact) mass is 577 g/mol. The molecule has 0 aliphatic heterocycles. The SMILES string of the molecule is CNC(=O)C(Cc1ccccc1)N(Cc1ccc(F)cc1)C(=O)CN(c1ccc(F)cc1)S(=O)(=O)c1ccccc1. The van der Waals surface area contributed by atoms with Gasteiger partial charge in [0.05, 0.1) is 10.6 Å². The second-order valence-corrected chi connectivity index (χ2v) is 11.1.